The van der Waals surface area contributed by atoms with Crippen molar-refractivity contribution in [3.63, 3.8) is 0 Å². The molecule has 0 aromatic rings. The van der Waals surface area contributed by atoms with Gasteiger partial charge in [-0.05, 0) is 37.5 Å². The van der Waals surface area contributed by atoms with E-state index in [1.54, 1.807) is 6.08 Å². The summed E-state index contributed by atoms with van der Waals surface area (Å²) in [7, 11) is 0. The molecule has 0 radical (unpaired) electrons. The molecule has 0 aromatic carbocycles. The Kier molecular flexibility index (Phi) is 7.72. The highest BCUT2D eigenvalue weighted by atomic mass is 16.7. The first-order valence-electron chi connectivity index (χ1n) is 8.88. The van der Waals surface area contributed by atoms with Crippen molar-refractivity contribution in [2.75, 3.05) is 13.4 Å². The standard InChI is InChI=1S/C19H30O3/c1-2-13-21-15-22-19(20)18(17-11-7-4-8-12-17)14-16-9-5-3-6-10-16/h2,14,16-17H,1,3-13,15H2/b18-14-. The van der Waals surface area contributed by atoms with Crippen LogP contribution in [-0.4, -0.2) is 19.4 Å². The quantitative estimate of drug-likeness (QED) is 0.223. The summed E-state index contributed by atoms with van der Waals surface area (Å²) in [6.07, 6.45) is 16.3. The SMILES string of the molecule is C=CCOCOC(=O)/C(=C\C1CCCCC1)C1CCCCC1. The van der Waals surface area contributed by atoms with Crippen LogP contribution in [0.25, 0.3) is 0 Å². The van der Waals surface area contributed by atoms with Gasteiger partial charge in [-0.3, -0.25) is 0 Å². The molecule has 2 saturated carbocycles. The van der Waals surface area contributed by atoms with Crippen LogP contribution in [0.1, 0.15) is 64.2 Å². The van der Waals surface area contributed by atoms with Crippen LogP contribution in [0.5, 0.6) is 0 Å². The Labute approximate surface area is 134 Å². The van der Waals surface area contributed by atoms with E-state index in [0.717, 1.165) is 18.4 Å². The number of hydrogen-bond acceptors (Lipinski definition) is 3. The minimum atomic E-state index is -0.165. The van der Waals surface area contributed by atoms with Crippen molar-refractivity contribution < 1.29 is 14.3 Å². The highest BCUT2D eigenvalue weighted by Crippen LogP contribution is 2.33. The molecule has 0 amide bonds. The first-order chi connectivity index (χ1) is 10.8. The molecule has 2 aliphatic carbocycles. The van der Waals surface area contributed by atoms with Crippen molar-refractivity contribution in [1.29, 1.82) is 0 Å². The summed E-state index contributed by atoms with van der Waals surface area (Å²) in [6, 6.07) is 0. The van der Waals surface area contributed by atoms with Crippen LogP contribution < -0.4 is 0 Å². The normalized spacial score (nSPS) is 21.5. The van der Waals surface area contributed by atoms with Gasteiger partial charge in [-0.25, -0.2) is 4.79 Å². The van der Waals surface area contributed by atoms with E-state index in [1.165, 1.54) is 51.4 Å². The summed E-state index contributed by atoms with van der Waals surface area (Å²) < 4.78 is 10.5. The van der Waals surface area contributed by atoms with Gasteiger partial charge in [-0.2, -0.15) is 0 Å². The third kappa shape index (κ3) is 5.60. The van der Waals surface area contributed by atoms with Crippen molar-refractivity contribution in [3.05, 3.63) is 24.3 Å². The van der Waals surface area contributed by atoms with Gasteiger partial charge >= 0.3 is 5.97 Å². The highest BCUT2D eigenvalue weighted by Gasteiger charge is 2.26. The fraction of sp³-hybridized carbons (Fsp3) is 0.737. The molecular weight excluding hydrogens is 276 g/mol. The molecule has 0 spiro atoms. The Morgan fingerprint density at radius 1 is 1.00 bits per heavy atom. The van der Waals surface area contributed by atoms with E-state index in [0.29, 0.717) is 18.4 Å². The molecular formula is C19H30O3. The predicted octanol–water partition coefficient (Wildman–Crippen LogP) is 4.78. The van der Waals surface area contributed by atoms with Gasteiger partial charge in [-0.15, -0.1) is 6.58 Å². The number of rotatable bonds is 7. The molecule has 3 heteroatoms. The maximum atomic E-state index is 12.5. The summed E-state index contributed by atoms with van der Waals surface area (Å²) in [5.74, 6) is 0.788. The summed E-state index contributed by atoms with van der Waals surface area (Å²) in [4.78, 5) is 12.5. The topological polar surface area (TPSA) is 35.5 Å². The molecule has 0 aliphatic heterocycles. The molecule has 0 N–H and O–H groups in total. The lowest BCUT2D eigenvalue weighted by Gasteiger charge is -2.26. The molecule has 0 bridgehead atoms. The van der Waals surface area contributed by atoms with Crippen LogP contribution in [0, 0.1) is 11.8 Å². The number of carbonyl (C=O) groups excluding carboxylic acids is 1. The molecule has 0 aromatic heterocycles. The fourth-order valence-corrected chi connectivity index (χ4v) is 3.65. The predicted molar refractivity (Wildman–Crippen MR) is 88.3 cm³/mol. The average Bonchev–Trinajstić information content (AvgIpc) is 2.58. The van der Waals surface area contributed by atoms with Crippen LogP contribution in [0.3, 0.4) is 0 Å². The van der Waals surface area contributed by atoms with E-state index in [2.05, 4.69) is 12.7 Å². The molecule has 0 atom stereocenters. The van der Waals surface area contributed by atoms with Crippen LogP contribution in [-0.2, 0) is 14.3 Å². The zero-order valence-electron chi connectivity index (χ0n) is 13.7. The van der Waals surface area contributed by atoms with Gasteiger partial charge in [0.05, 0.1) is 6.61 Å². The zero-order chi connectivity index (χ0) is 15.6. The van der Waals surface area contributed by atoms with Gasteiger partial charge < -0.3 is 9.47 Å². The van der Waals surface area contributed by atoms with Gasteiger partial charge in [0, 0.05) is 5.57 Å². The summed E-state index contributed by atoms with van der Waals surface area (Å²) >= 11 is 0. The van der Waals surface area contributed by atoms with Crippen LogP contribution >= 0.6 is 0 Å². The average molecular weight is 306 g/mol. The highest BCUT2D eigenvalue weighted by molar-refractivity contribution is 5.89. The molecule has 0 unspecified atom stereocenters. The van der Waals surface area contributed by atoms with Crippen LogP contribution in [0.4, 0.5) is 0 Å². The minimum absolute atomic E-state index is 0.0274. The third-order valence-electron chi connectivity index (χ3n) is 4.85. The van der Waals surface area contributed by atoms with Crippen LogP contribution in [0.2, 0.25) is 0 Å². The van der Waals surface area contributed by atoms with Crippen molar-refractivity contribution in [3.8, 4) is 0 Å². The number of hydrogen-bond donors (Lipinski definition) is 0. The van der Waals surface area contributed by atoms with E-state index in [-0.39, 0.29) is 12.8 Å². The molecule has 0 saturated heterocycles. The number of carbonyl (C=O) groups is 1. The van der Waals surface area contributed by atoms with Gasteiger partial charge in [0.25, 0.3) is 0 Å². The maximum Gasteiger partial charge on any atom is 0.336 e. The van der Waals surface area contributed by atoms with Crippen LogP contribution in [0.15, 0.2) is 24.3 Å². The molecule has 2 aliphatic rings. The van der Waals surface area contributed by atoms with Gasteiger partial charge in [-0.1, -0.05) is 50.7 Å². The first-order valence-corrected chi connectivity index (χ1v) is 8.88. The molecule has 0 heterocycles. The maximum absolute atomic E-state index is 12.5. The second-order valence-corrected chi connectivity index (χ2v) is 6.56. The second kappa shape index (κ2) is 9.83. The lowest BCUT2D eigenvalue weighted by atomic mass is 9.80. The van der Waals surface area contributed by atoms with Crippen molar-refractivity contribution in [1.82, 2.24) is 0 Å². The van der Waals surface area contributed by atoms with Gasteiger partial charge in [0.2, 0.25) is 0 Å². The van der Waals surface area contributed by atoms with E-state index >= 15 is 0 Å². The van der Waals surface area contributed by atoms with E-state index in [4.69, 9.17) is 9.47 Å². The first kappa shape index (κ1) is 17.3. The Hall–Kier alpha value is -1.09. The van der Waals surface area contributed by atoms with Gasteiger partial charge in [0.1, 0.15) is 0 Å². The number of allylic oxidation sites excluding steroid dienone is 1. The fourth-order valence-electron chi connectivity index (χ4n) is 3.65. The van der Waals surface area contributed by atoms with Crippen molar-refractivity contribution >= 4 is 5.97 Å². The molecule has 22 heavy (non-hydrogen) atoms. The minimum Gasteiger partial charge on any atom is -0.435 e. The summed E-state index contributed by atoms with van der Waals surface area (Å²) in [5, 5.41) is 0. The summed E-state index contributed by atoms with van der Waals surface area (Å²) in [6.45, 7) is 4.03. The Balaban J connectivity index is 1.97. The smallest absolute Gasteiger partial charge is 0.336 e. The van der Waals surface area contributed by atoms with E-state index < -0.39 is 0 Å². The second-order valence-electron chi connectivity index (χ2n) is 6.56. The lowest BCUT2D eigenvalue weighted by Crippen LogP contribution is -2.21. The number of ether oxygens (including phenoxy) is 2. The van der Waals surface area contributed by atoms with E-state index in [9.17, 15) is 4.79 Å². The molecule has 2 rings (SSSR count). The summed E-state index contributed by atoms with van der Waals surface area (Å²) in [5.41, 5.74) is 0.925. The molecule has 2 fully saturated rings. The lowest BCUT2D eigenvalue weighted by molar-refractivity contribution is -0.151. The molecule has 3 nitrogen and oxygen atoms in total. The Bertz CT molecular complexity index is 374. The Morgan fingerprint density at radius 3 is 2.27 bits per heavy atom. The van der Waals surface area contributed by atoms with Crippen molar-refractivity contribution in [2.24, 2.45) is 11.8 Å². The Morgan fingerprint density at radius 2 is 1.64 bits per heavy atom. The van der Waals surface area contributed by atoms with Crippen molar-refractivity contribution in [2.45, 2.75) is 64.2 Å². The number of esters is 1. The largest absolute Gasteiger partial charge is 0.435 e. The van der Waals surface area contributed by atoms with E-state index in [1.807, 2.05) is 0 Å². The molecule has 124 valence electrons. The zero-order valence-corrected chi connectivity index (χ0v) is 13.7. The third-order valence-corrected chi connectivity index (χ3v) is 4.85. The van der Waals surface area contributed by atoms with Gasteiger partial charge in [0.15, 0.2) is 6.79 Å². The monoisotopic (exact) mass is 306 g/mol.